The van der Waals surface area contributed by atoms with Crippen molar-refractivity contribution in [1.29, 1.82) is 5.26 Å². The molecule has 1 aromatic carbocycles. The number of para-hydroxylation sites is 1. The van der Waals surface area contributed by atoms with Gasteiger partial charge in [0.25, 0.3) is 0 Å². The highest BCUT2D eigenvalue weighted by atomic mass is 16.5. The number of hydrogen-bond acceptors (Lipinski definition) is 4. The summed E-state index contributed by atoms with van der Waals surface area (Å²) in [6.45, 7) is 3.80. The van der Waals surface area contributed by atoms with Crippen LogP contribution in [0, 0.1) is 11.3 Å². The molecule has 2 aliphatic heterocycles. The second kappa shape index (κ2) is 6.93. The molecule has 1 N–H and O–H groups in total. The highest BCUT2D eigenvalue weighted by Crippen LogP contribution is 2.24. The summed E-state index contributed by atoms with van der Waals surface area (Å²) in [6, 6.07) is 11.4. The van der Waals surface area contributed by atoms with Crippen LogP contribution in [0.5, 0.6) is 0 Å². The predicted molar refractivity (Wildman–Crippen MR) is 83.4 cm³/mol. The minimum Gasteiger partial charge on any atom is -0.381 e. The van der Waals surface area contributed by atoms with E-state index in [4.69, 9.17) is 4.74 Å². The number of nitriles is 1. The van der Waals surface area contributed by atoms with E-state index in [1.54, 1.807) is 0 Å². The molecule has 0 spiro atoms. The molecule has 0 aromatic heterocycles. The first-order valence-corrected chi connectivity index (χ1v) is 7.94. The molecule has 0 bridgehead atoms. The van der Waals surface area contributed by atoms with Gasteiger partial charge >= 0.3 is 0 Å². The summed E-state index contributed by atoms with van der Waals surface area (Å²) in [6.07, 6.45) is 4.64. The zero-order chi connectivity index (χ0) is 14.5. The monoisotopic (exact) mass is 285 g/mol. The summed E-state index contributed by atoms with van der Waals surface area (Å²) in [5.41, 5.74) is 1.86. The summed E-state index contributed by atoms with van der Waals surface area (Å²) in [4.78, 5) is 2.36. The van der Waals surface area contributed by atoms with Crippen molar-refractivity contribution in [1.82, 2.24) is 5.32 Å². The topological polar surface area (TPSA) is 48.3 Å². The van der Waals surface area contributed by atoms with E-state index < -0.39 is 0 Å². The van der Waals surface area contributed by atoms with E-state index in [0.717, 1.165) is 50.4 Å². The maximum absolute atomic E-state index is 9.27. The van der Waals surface area contributed by atoms with Gasteiger partial charge in [0.1, 0.15) is 6.07 Å². The molecule has 0 amide bonds. The summed E-state index contributed by atoms with van der Waals surface area (Å²) < 4.78 is 5.42. The summed E-state index contributed by atoms with van der Waals surface area (Å²) in [5, 5.41) is 13.1. The molecule has 1 atom stereocenters. The highest BCUT2D eigenvalue weighted by Gasteiger charge is 2.24. The molecule has 3 rings (SSSR count). The molecule has 4 heteroatoms. The number of ether oxygens (including phenoxy) is 1. The van der Waals surface area contributed by atoms with Gasteiger partial charge in [-0.15, -0.1) is 0 Å². The zero-order valence-corrected chi connectivity index (χ0v) is 12.4. The lowest BCUT2D eigenvalue weighted by Gasteiger charge is -2.37. The Morgan fingerprint density at radius 3 is 2.76 bits per heavy atom. The van der Waals surface area contributed by atoms with Crippen molar-refractivity contribution in [3.8, 4) is 6.07 Å². The molecule has 0 radical (unpaired) electrons. The second-order valence-corrected chi connectivity index (χ2v) is 5.97. The van der Waals surface area contributed by atoms with E-state index in [2.05, 4.69) is 22.4 Å². The normalized spacial score (nSPS) is 23.8. The Morgan fingerprint density at radius 1 is 1.14 bits per heavy atom. The minimum absolute atomic E-state index is 0.522. The van der Waals surface area contributed by atoms with Gasteiger partial charge in [-0.2, -0.15) is 5.26 Å². The van der Waals surface area contributed by atoms with Gasteiger partial charge in [0.2, 0.25) is 0 Å². The van der Waals surface area contributed by atoms with Crippen LogP contribution >= 0.6 is 0 Å². The minimum atomic E-state index is 0.522. The average molecular weight is 285 g/mol. The molecule has 2 heterocycles. The van der Waals surface area contributed by atoms with Gasteiger partial charge in [-0.1, -0.05) is 12.1 Å². The standard InChI is InChI=1S/C17H23N3O/c18-12-14-4-1-2-6-17(14)20-9-3-5-16(13-20)19-15-7-10-21-11-8-15/h1-2,4,6,15-16,19H,3,5,7-11,13H2. The van der Waals surface area contributed by atoms with E-state index in [1.807, 2.05) is 18.2 Å². The van der Waals surface area contributed by atoms with Crippen LogP contribution in [0.2, 0.25) is 0 Å². The lowest BCUT2D eigenvalue weighted by molar-refractivity contribution is 0.0742. The Hall–Kier alpha value is -1.57. The van der Waals surface area contributed by atoms with Crippen molar-refractivity contribution in [3.63, 3.8) is 0 Å². The number of benzene rings is 1. The SMILES string of the molecule is N#Cc1ccccc1N1CCCC(NC2CCOCC2)C1. The van der Waals surface area contributed by atoms with Crippen molar-refractivity contribution in [2.45, 2.75) is 37.8 Å². The molecular weight excluding hydrogens is 262 g/mol. The zero-order valence-electron chi connectivity index (χ0n) is 12.4. The Bertz CT molecular complexity index is 505. The fourth-order valence-corrected chi connectivity index (χ4v) is 3.37. The van der Waals surface area contributed by atoms with Gasteiger partial charge in [0, 0.05) is 38.4 Å². The van der Waals surface area contributed by atoms with Crippen LogP contribution in [0.1, 0.15) is 31.2 Å². The van der Waals surface area contributed by atoms with Gasteiger partial charge in [-0.3, -0.25) is 0 Å². The van der Waals surface area contributed by atoms with E-state index in [0.29, 0.717) is 12.1 Å². The fourth-order valence-electron chi connectivity index (χ4n) is 3.37. The van der Waals surface area contributed by atoms with Crippen LogP contribution in [0.15, 0.2) is 24.3 Å². The molecule has 1 unspecified atom stereocenters. The smallest absolute Gasteiger partial charge is 0.101 e. The molecule has 2 saturated heterocycles. The Balaban J connectivity index is 1.64. The lowest BCUT2D eigenvalue weighted by Crippen LogP contribution is -2.50. The van der Waals surface area contributed by atoms with Crippen LogP contribution in [0.4, 0.5) is 5.69 Å². The molecule has 2 fully saturated rings. The quantitative estimate of drug-likeness (QED) is 0.925. The van der Waals surface area contributed by atoms with Crippen LogP contribution in [-0.2, 0) is 4.74 Å². The summed E-state index contributed by atoms with van der Waals surface area (Å²) in [5.74, 6) is 0. The number of hydrogen-bond donors (Lipinski definition) is 1. The fraction of sp³-hybridized carbons (Fsp3) is 0.588. The van der Waals surface area contributed by atoms with E-state index in [9.17, 15) is 5.26 Å². The van der Waals surface area contributed by atoms with Crippen molar-refractivity contribution in [2.24, 2.45) is 0 Å². The Labute approximate surface area is 126 Å². The number of nitrogens with one attached hydrogen (secondary N) is 1. The predicted octanol–water partition coefficient (Wildman–Crippen LogP) is 2.30. The van der Waals surface area contributed by atoms with Gasteiger partial charge in [-0.25, -0.2) is 0 Å². The number of piperidine rings is 1. The van der Waals surface area contributed by atoms with Gasteiger partial charge in [-0.05, 0) is 37.8 Å². The molecule has 4 nitrogen and oxygen atoms in total. The van der Waals surface area contributed by atoms with E-state index in [1.165, 1.54) is 12.8 Å². The number of nitrogens with zero attached hydrogens (tertiary/aromatic N) is 2. The summed E-state index contributed by atoms with van der Waals surface area (Å²) >= 11 is 0. The third kappa shape index (κ3) is 3.55. The first-order chi connectivity index (χ1) is 10.4. The van der Waals surface area contributed by atoms with E-state index >= 15 is 0 Å². The second-order valence-electron chi connectivity index (χ2n) is 5.97. The lowest BCUT2D eigenvalue weighted by atomic mass is 10.0. The van der Waals surface area contributed by atoms with Gasteiger partial charge < -0.3 is 15.0 Å². The van der Waals surface area contributed by atoms with Crippen LogP contribution in [0.3, 0.4) is 0 Å². The third-order valence-corrected chi connectivity index (χ3v) is 4.48. The van der Waals surface area contributed by atoms with Gasteiger partial charge in [0.05, 0.1) is 11.3 Å². The molecule has 1 aromatic rings. The van der Waals surface area contributed by atoms with Crippen LogP contribution in [0.25, 0.3) is 0 Å². The van der Waals surface area contributed by atoms with Gasteiger partial charge in [0.15, 0.2) is 0 Å². The first-order valence-electron chi connectivity index (χ1n) is 7.94. The van der Waals surface area contributed by atoms with Crippen molar-refractivity contribution >= 4 is 5.69 Å². The number of rotatable bonds is 3. The highest BCUT2D eigenvalue weighted by molar-refractivity contribution is 5.59. The van der Waals surface area contributed by atoms with Crippen LogP contribution in [-0.4, -0.2) is 38.4 Å². The van der Waals surface area contributed by atoms with Crippen molar-refractivity contribution in [3.05, 3.63) is 29.8 Å². The average Bonchev–Trinajstić information content (AvgIpc) is 2.56. The maximum Gasteiger partial charge on any atom is 0.101 e. The Morgan fingerprint density at radius 2 is 1.95 bits per heavy atom. The largest absolute Gasteiger partial charge is 0.381 e. The third-order valence-electron chi connectivity index (χ3n) is 4.48. The molecule has 0 saturated carbocycles. The first kappa shape index (κ1) is 14.4. The molecule has 0 aliphatic carbocycles. The molecule has 2 aliphatic rings. The molecular formula is C17H23N3O. The van der Waals surface area contributed by atoms with Crippen molar-refractivity contribution in [2.75, 3.05) is 31.2 Å². The molecule has 21 heavy (non-hydrogen) atoms. The maximum atomic E-state index is 9.27. The van der Waals surface area contributed by atoms with E-state index in [-0.39, 0.29) is 0 Å². The number of anilines is 1. The van der Waals surface area contributed by atoms with Crippen molar-refractivity contribution < 1.29 is 4.74 Å². The summed E-state index contributed by atoms with van der Waals surface area (Å²) in [7, 11) is 0. The van der Waals surface area contributed by atoms with Crippen LogP contribution < -0.4 is 10.2 Å². The Kier molecular flexibility index (Phi) is 4.74. The molecule has 112 valence electrons.